The number of nitrogens with zero attached hydrogens (tertiary/aromatic N) is 3. The van der Waals surface area contributed by atoms with Crippen LogP contribution in [0.15, 0.2) is 12.3 Å². The van der Waals surface area contributed by atoms with Gasteiger partial charge in [-0.15, -0.1) is 0 Å². The molecular formula is C14H25N5O. The second-order valence-electron chi connectivity index (χ2n) is 5.75. The average Bonchev–Trinajstić information content (AvgIpc) is 2.85. The van der Waals surface area contributed by atoms with Gasteiger partial charge in [0.25, 0.3) is 0 Å². The smallest absolute Gasteiger partial charge is 0.239 e. The van der Waals surface area contributed by atoms with Crippen molar-refractivity contribution in [2.75, 3.05) is 32.7 Å². The molecule has 0 aromatic carbocycles. The van der Waals surface area contributed by atoms with Crippen LogP contribution in [0, 0.1) is 0 Å². The predicted octanol–water partition coefficient (Wildman–Crippen LogP) is -0.237. The third kappa shape index (κ3) is 3.37. The summed E-state index contributed by atoms with van der Waals surface area (Å²) in [6.07, 6.45) is 2.59. The van der Waals surface area contributed by atoms with Crippen LogP contribution in [0.5, 0.6) is 0 Å². The highest BCUT2D eigenvalue weighted by atomic mass is 16.2. The van der Waals surface area contributed by atoms with Gasteiger partial charge >= 0.3 is 0 Å². The van der Waals surface area contributed by atoms with Gasteiger partial charge in [-0.3, -0.25) is 14.4 Å². The molecule has 1 amide bonds. The van der Waals surface area contributed by atoms with Gasteiger partial charge in [-0.2, -0.15) is 5.10 Å². The molecule has 0 bridgehead atoms. The average molecular weight is 279 g/mol. The van der Waals surface area contributed by atoms with E-state index in [1.54, 1.807) is 6.20 Å². The molecule has 20 heavy (non-hydrogen) atoms. The van der Waals surface area contributed by atoms with E-state index in [-0.39, 0.29) is 5.91 Å². The van der Waals surface area contributed by atoms with Crippen molar-refractivity contribution in [3.63, 3.8) is 0 Å². The molecule has 0 radical (unpaired) electrons. The van der Waals surface area contributed by atoms with E-state index in [9.17, 15) is 4.79 Å². The lowest BCUT2D eigenvalue weighted by Crippen LogP contribution is -2.60. The molecule has 2 N–H and O–H groups in total. The molecule has 1 aliphatic rings. The zero-order chi connectivity index (χ0) is 14.6. The fraction of sp³-hybridized carbons (Fsp3) is 0.714. The third-order valence-corrected chi connectivity index (χ3v) is 4.05. The summed E-state index contributed by atoms with van der Waals surface area (Å²) in [5, 5.41) is 10.5. The van der Waals surface area contributed by atoms with E-state index >= 15 is 0 Å². The number of nitrogens with one attached hydrogen (secondary N) is 2. The Morgan fingerprint density at radius 3 is 2.75 bits per heavy atom. The highest BCUT2D eigenvalue weighted by molar-refractivity contribution is 5.85. The molecule has 6 nitrogen and oxygen atoms in total. The molecule has 0 spiro atoms. The van der Waals surface area contributed by atoms with Crippen LogP contribution in [0.25, 0.3) is 0 Å². The molecule has 6 heteroatoms. The quantitative estimate of drug-likeness (QED) is 0.781. The largest absolute Gasteiger partial charge is 0.354 e. The second kappa shape index (κ2) is 6.37. The Bertz CT molecular complexity index is 448. The zero-order valence-electron chi connectivity index (χ0n) is 12.6. The first kappa shape index (κ1) is 15.0. The van der Waals surface area contributed by atoms with Gasteiger partial charge in [0.15, 0.2) is 0 Å². The van der Waals surface area contributed by atoms with Gasteiger partial charge in [0.05, 0.1) is 5.54 Å². The maximum absolute atomic E-state index is 12.4. The van der Waals surface area contributed by atoms with Crippen LogP contribution in [-0.4, -0.2) is 58.9 Å². The number of carbonyl (C=O) groups excluding carboxylic acids is 1. The molecule has 1 saturated heterocycles. The second-order valence-corrected chi connectivity index (χ2v) is 5.75. The summed E-state index contributed by atoms with van der Waals surface area (Å²) in [5.74, 6) is 0.0987. The van der Waals surface area contributed by atoms with Crippen molar-refractivity contribution in [3.8, 4) is 0 Å². The van der Waals surface area contributed by atoms with E-state index in [1.807, 2.05) is 31.6 Å². The van der Waals surface area contributed by atoms with E-state index in [1.165, 1.54) is 0 Å². The molecule has 1 aliphatic heterocycles. The molecule has 1 fully saturated rings. The fourth-order valence-corrected chi connectivity index (χ4v) is 2.53. The number of carbonyl (C=O) groups is 1. The summed E-state index contributed by atoms with van der Waals surface area (Å²) in [7, 11) is 1.92. The molecule has 0 unspecified atom stereocenters. The summed E-state index contributed by atoms with van der Waals surface area (Å²) >= 11 is 0. The Hall–Kier alpha value is -1.40. The van der Waals surface area contributed by atoms with Crippen LogP contribution >= 0.6 is 0 Å². The van der Waals surface area contributed by atoms with E-state index in [0.717, 1.165) is 38.3 Å². The Morgan fingerprint density at radius 2 is 2.15 bits per heavy atom. The van der Waals surface area contributed by atoms with Gasteiger partial charge < -0.3 is 10.6 Å². The van der Waals surface area contributed by atoms with Gasteiger partial charge in [-0.25, -0.2) is 0 Å². The maximum atomic E-state index is 12.4. The molecule has 1 aromatic rings. The van der Waals surface area contributed by atoms with Gasteiger partial charge in [-0.1, -0.05) is 0 Å². The standard InChI is InChI=1S/C14H25N5O/c1-14(2,19-10-8-15-9-11-19)13(20)16-6-4-12-5-7-17-18(12)3/h5,7,15H,4,6,8-11H2,1-3H3,(H,16,20). The molecular weight excluding hydrogens is 254 g/mol. The first-order chi connectivity index (χ1) is 9.51. The van der Waals surface area contributed by atoms with Gasteiger partial charge in [0, 0.05) is 58.1 Å². The lowest BCUT2D eigenvalue weighted by molar-refractivity contribution is -0.132. The highest BCUT2D eigenvalue weighted by Gasteiger charge is 2.34. The van der Waals surface area contributed by atoms with Crippen molar-refractivity contribution in [3.05, 3.63) is 18.0 Å². The molecule has 0 atom stereocenters. The topological polar surface area (TPSA) is 62.2 Å². The lowest BCUT2D eigenvalue weighted by Gasteiger charge is -2.39. The normalized spacial score (nSPS) is 17.1. The minimum absolute atomic E-state index is 0.0987. The highest BCUT2D eigenvalue weighted by Crippen LogP contribution is 2.15. The van der Waals surface area contributed by atoms with Crippen LogP contribution in [0.3, 0.4) is 0 Å². The molecule has 2 heterocycles. The van der Waals surface area contributed by atoms with Gasteiger partial charge in [0.1, 0.15) is 0 Å². The summed E-state index contributed by atoms with van der Waals surface area (Å²) in [6, 6.07) is 1.98. The third-order valence-electron chi connectivity index (χ3n) is 4.05. The minimum atomic E-state index is -0.450. The number of hydrogen-bond acceptors (Lipinski definition) is 4. The summed E-state index contributed by atoms with van der Waals surface area (Å²) in [6.45, 7) is 8.38. The number of hydrogen-bond donors (Lipinski definition) is 2. The van der Waals surface area contributed by atoms with Crippen LogP contribution in [0.2, 0.25) is 0 Å². The summed E-state index contributed by atoms with van der Waals surface area (Å²) in [4.78, 5) is 14.6. The molecule has 0 aliphatic carbocycles. The predicted molar refractivity (Wildman–Crippen MR) is 78.4 cm³/mol. The van der Waals surface area contributed by atoms with Crippen LogP contribution < -0.4 is 10.6 Å². The van der Waals surface area contributed by atoms with E-state index < -0.39 is 5.54 Å². The Morgan fingerprint density at radius 1 is 1.45 bits per heavy atom. The van der Waals surface area contributed by atoms with E-state index in [4.69, 9.17) is 0 Å². The Balaban J connectivity index is 1.82. The van der Waals surface area contributed by atoms with Crippen molar-refractivity contribution >= 4 is 5.91 Å². The molecule has 2 rings (SSSR count). The zero-order valence-corrected chi connectivity index (χ0v) is 12.6. The Kier molecular flexibility index (Phi) is 4.77. The van der Waals surface area contributed by atoms with E-state index in [2.05, 4.69) is 20.6 Å². The Labute approximate surface area is 120 Å². The first-order valence-corrected chi connectivity index (χ1v) is 7.23. The van der Waals surface area contributed by atoms with Crippen LogP contribution in [-0.2, 0) is 18.3 Å². The summed E-state index contributed by atoms with van der Waals surface area (Å²) in [5.41, 5.74) is 0.680. The number of piperazine rings is 1. The fourth-order valence-electron chi connectivity index (χ4n) is 2.53. The van der Waals surface area contributed by atoms with Crippen molar-refractivity contribution in [1.29, 1.82) is 0 Å². The van der Waals surface area contributed by atoms with Crippen molar-refractivity contribution in [1.82, 2.24) is 25.3 Å². The number of aromatic nitrogens is 2. The molecule has 1 aromatic heterocycles. The number of amides is 1. The summed E-state index contributed by atoms with van der Waals surface area (Å²) < 4.78 is 1.84. The van der Waals surface area contributed by atoms with Crippen LogP contribution in [0.1, 0.15) is 19.5 Å². The van der Waals surface area contributed by atoms with Crippen molar-refractivity contribution in [2.24, 2.45) is 7.05 Å². The molecule has 112 valence electrons. The van der Waals surface area contributed by atoms with Crippen molar-refractivity contribution < 1.29 is 4.79 Å². The maximum Gasteiger partial charge on any atom is 0.239 e. The molecule has 0 saturated carbocycles. The SMILES string of the molecule is Cn1nccc1CCNC(=O)C(C)(C)N1CCNCC1. The van der Waals surface area contributed by atoms with Gasteiger partial charge in [0.2, 0.25) is 5.91 Å². The lowest BCUT2D eigenvalue weighted by atomic mass is 10.0. The van der Waals surface area contributed by atoms with Gasteiger partial charge in [-0.05, 0) is 19.9 Å². The number of aryl methyl sites for hydroxylation is 1. The van der Waals surface area contributed by atoms with E-state index in [0.29, 0.717) is 6.54 Å². The monoisotopic (exact) mass is 279 g/mol. The van der Waals surface area contributed by atoms with Crippen molar-refractivity contribution in [2.45, 2.75) is 25.8 Å². The first-order valence-electron chi connectivity index (χ1n) is 7.23. The minimum Gasteiger partial charge on any atom is -0.354 e. The number of rotatable bonds is 5. The van der Waals surface area contributed by atoms with Crippen LogP contribution in [0.4, 0.5) is 0 Å².